The zero-order valence-electron chi connectivity index (χ0n) is 11.8. The summed E-state index contributed by atoms with van der Waals surface area (Å²) in [6.45, 7) is 5.17. The number of carbonyl (C=O) groups excluding carboxylic acids is 1. The number of para-hydroxylation sites is 1. The molecule has 0 radical (unpaired) electrons. The summed E-state index contributed by atoms with van der Waals surface area (Å²) in [5, 5.41) is 16.5. The number of nitrogens with zero attached hydrogens (tertiary/aromatic N) is 3. The number of hydrogen-bond donors (Lipinski definition) is 1. The summed E-state index contributed by atoms with van der Waals surface area (Å²) in [5.41, 5.74) is 1.28. The molecule has 0 aliphatic carbocycles. The molecule has 1 aromatic heterocycles. The molecule has 0 aliphatic rings. The molecule has 2 rings (SSSR count). The first kappa shape index (κ1) is 14.1. The molecule has 0 fully saturated rings. The van der Waals surface area contributed by atoms with Gasteiger partial charge in [0.2, 0.25) is 0 Å². The van der Waals surface area contributed by atoms with E-state index >= 15 is 0 Å². The van der Waals surface area contributed by atoms with Gasteiger partial charge >= 0.3 is 0 Å². The predicted molar refractivity (Wildman–Crippen MR) is 77.1 cm³/mol. The van der Waals surface area contributed by atoms with E-state index in [0.717, 1.165) is 10.9 Å². The molecule has 0 spiro atoms. The Morgan fingerprint density at radius 3 is 2.90 bits per heavy atom. The number of rotatable bonds is 5. The van der Waals surface area contributed by atoms with E-state index in [0.29, 0.717) is 31.1 Å². The van der Waals surface area contributed by atoms with E-state index < -0.39 is 0 Å². The van der Waals surface area contributed by atoms with Crippen molar-refractivity contribution in [1.82, 2.24) is 15.1 Å². The van der Waals surface area contributed by atoms with Gasteiger partial charge in [-0.3, -0.25) is 9.89 Å². The molecule has 1 aromatic carbocycles. The summed E-state index contributed by atoms with van der Waals surface area (Å²) >= 11 is 0. The van der Waals surface area contributed by atoms with Crippen LogP contribution in [0.1, 0.15) is 30.8 Å². The van der Waals surface area contributed by atoms with E-state index in [9.17, 15) is 4.79 Å². The fourth-order valence-electron chi connectivity index (χ4n) is 2.18. The summed E-state index contributed by atoms with van der Waals surface area (Å²) < 4.78 is 0. The lowest BCUT2D eigenvalue weighted by Crippen LogP contribution is -2.35. The third kappa shape index (κ3) is 2.97. The second kappa shape index (κ2) is 6.20. The first-order chi connectivity index (χ1) is 9.63. The van der Waals surface area contributed by atoms with Gasteiger partial charge in [0.1, 0.15) is 0 Å². The van der Waals surface area contributed by atoms with Crippen LogP contribution in [0, 0.1) is 17.2 Å². The average molecular weight is 270 g/mol. The quantitative estimate of drug-likeness (QED) is 0.907. The Morgan fingerprint density at radius 1 is 1.45 bits per heavy atom. The highest BCUT2D eigenvalue weighted by Crippen LogP contribution is 2.17. The third-order valence-electron chi connectivity index (χ3n) is 3.04. The van der Waals surface area contributed by atoms with E-state index in [-0.39, 0.29) is 5.91 Å². The molecule has 104 valence electrons. The highest BCUT2D eigenvalue weighted by molar-refractivity contribution is 6.04. The Hall–Kier alpha value is -2.35. The van der Waals surface area contributed by atoms with Crippen molar-refractivity contribution in [3.8, 4) is 6.07 Å². The van der Waals surface area contributed by atoms with Crippen LogP contribution in [0.3, 0.4) is 0 Å². The largest absolute Gasteiger partial charge is 0.336 e. The van der Waals surface area contributed by atoms with E-state index in [2.05, 4.69) is 30.1 Å². The second-order valence-electron chi connectivity index (χ2n) is 5.17. The second-order valence-corrected chi connectivity index (χ2v) is 5.17. The van der Waals surface area contributed by atoms with Crippen LogP contribution in [0.2, 0.25) is 0 Å². The van der Waals surface area contributed by atoms with Crippen LogP contribution in [0.15, 0.2) is 24.3 Å². The predicted octanol–water partition coefficient (Wildman–Crippen LogP) is 2.57. The smallest absolute Gasteiger partial charge is 0.275 e. The van der Waals surface area contributed by atoms with Crippen molar-refractivity contribution in [3.05, 3.63) is 30.0 Å². The number of carbonyl (C=O) groups is 1. The fourth-order valence-corrected chi connectivity index (χ4v) is 2.18. The highest BCUT2D eigenvalue weighted by atomic mass is 16.2. The first-order valence-electron chi connectivity index (χ1n) is 6.72. The monoisotopic (exact) mass is 270 g/mol. The van der Waals surface area contributed by atoms with Gasteiger partial charge in [0.25, 0.3) is 5.91 Å². The topological polar surface area (TPSA) is 72.8 Å². The molecule has 20 heavy (non-hydrogen) atoms. The Labute approximate surface area is 118 Å². The van der Waals surface area contributed by atoms with Gasteiger partial charge < -0.3 is 4.90 Å². The molecule has 5 nitrogen and oxygen atoms in total. The average Bonchev–Trinajstić information content (AvgIpc) is 2.86. The zero-order valence-corrected chi connectivity index (χ0v) is 11.8. The minimum atomic E-state index is -0.119. The molecular weight excluding hydrogens is 252 g/mol. The van der Waals surface area contributed by atoms with Crippen LogP contribution in [0.25, 0.3) is 10.9 Å². The zero-order chi connectivity index (χ0) is 14.5. The van der Waals surface area contributed by atoms with Crippen LogP contribution in [-0.2, 0) is 0 Å². The van der Waals surface area contributed by atoms with Crippen LogP contribution in [0.4, 0.5) is 0 Å². The van der Waals surface area contributed by atoms with Gasteiger partial charge in [-0.15, -0.1) is 0 Å². The lowest BCUT2D eigenvalue weighted by atomic mass is 10.1. The Bertz CT molecular complexity index is 639. The summed E-state index contributed by atoms with van der Waals surface area (Å²) in [7, 11) is 0. The molecule has 1 amide bonds. The molecule has 5 heteroatoms. The minimum Gasteiger partial charge on any atom is -0.336 e. The van der Waals surface area contributed by atoms with Crippen LogP contribution in [-0.4, -0.2) is 34.1 Å². The lowest BCUT2D eigenvalue weighted by molar-refractivity contribution is 0.0736. The number of nitrogens with one attached hydrogen (secondary N) is 1. The molecule has 1 heterocycles. The summed E-state index contributed by atoms with van der Waals surface area (Å²) in [5.74, 6) is 0.231. The molecule has 0 bridgehead atoms. The Balaban J connectivity index is 2.28. The number of benzene rings is 1. The van der Waals surface area contributed by atoms with Crippen molar-refractivity contribution in [2.45, 2.75) is 20.3 Å². The fraction of sp³-hybridized carbons (Fsp3) is 0.400. The van der Waals surface area contributed by atoms with Crippen LogP contribution < -0.4 is 0 Å². The SMILES string of the molecule is CC(C)CN(CCC#N)C(=O)c1n[nH]c2ccccc12. The van der Waals surface area contributed by atoms with Gasteiger partial charge in [-0.25, -0.2) is 0 Å². The Morgan fingerprint density at radius 2 is 2.20 bits per heavy atom. The van der Waals surface area contributed by atoms with Crippen molar-refractivity contribution >= 4 is 16.8 Å². The van der Waals surface area contributed by atoms with Crippen molar-refractivity contribution in [2.24, 2.45) is 5.92 Å². The number of nitriles is 1. The molecule has 0 saturated heterocycles. The number of H-pyrrole nitrogens is 1. The molecule has 0 unspecified atom stereocenters. The molecule has 1 N–H and O–H groups in total. The molecule has 0 saturated carbocycles. The summed E-state index contributed by atoms with van der Waals surface area (Å²) in [4.78, 5) is 14.3. The molecular formula is C15H18N4O. The van der Waals surface area contributed by atoms with Crippen LogP contribution in [0.5, 0.6) is 0 Å². The highest BCUT2D eigenvalue weighted by Gasteiger charge is 2.21. The number of aromatic nitrogens is 2. The van der Waals surface area contributed by atoms with Crippen molar-refractivity contribution in [1.29, 1.82) is 5.26 Å². The maximum atomic E-state index is 12.6. The first-order valence-corrected chi connectivity index (χ1v) is 6.72. The maximum absolute atomic E-state index is 12.6. The summed E-state index contributed by atoms with van der Waals surface area (Å²) in [6.07, 6.45) is 0.334. The molecule has 0 aliphatic heterocycles. The van der Waals surface area contributed by atoms with Crippen molar-refractivity contribution in [3.63, 3.8) is 0 Å². The summed E-state index contributed by atoms with van der Waals surface area (Å²) in [6, 6.07) is 9.64. The molecule has 0 atom stereocenters. The van der Waals surface area contributed by atoms with Gasteiger partial charge in [0.05, 0.1) is 18.0 Å². The van der Waals surface area contributed by atoms with Gasteiger partial charge in [0.15, 0.2) is 5.69 Å². The van der Waals surface area contributed by atoms with Gasteiger partial charge in [0, 0.05) is 18.5 Å². The normalized spacial score (nSPS) is 10.7. The van der Waals surface area contributed by atoms with Crippen molar-refractivity contribution < 1.29 is 4.79 Å². The van der Waals surface area contributed by atoms with E-state index in [1.165, 1.54) is 0 Å². The lowest BCUT2D eigenvalue weighted by Gasteiger charge is -2.22. The number of hydrogen-bond acceptors (Lipinski definition) is 3. The van der Waals surface area contributed by atoms with Gasteiger partial charge in [-0.2, -0.15) is 10.4 Å². The van der Waals surface area contributed by atoms with E-state index in [1.807, 2.05) is 24.3 Å². The van der Waals surface area contributed by atoms with Gasteiger partial charge in [-0.1, -0.05) is 32.0 Å². The standard InChI is InChI=1S/C15H18N4O/c1-11(2)10-19(9-5-8-16)15(20)14-12-6-3-4-7-13(12)17-18-14/h3-4,6-7,11H,5,9-10H2,1-2H3,(H,17,18). The Kier molecular flexibility index (Phi) is 4.36. The minimum absolute atomic E-state index is 0.119. The van der Waals surface area contributed by atoms with E-state index in [1.54, 1.807) is 4.90 Å². The van der Waals surface area contributed by atoms with Gasteiger partial charge in [-0.05, 0) is 12.0 Å². The molecule has 2 aromatic rings. The number of amides is 1. The third-order valence-corrected chi connectivity index (χ3v) is 3.04. The number of aromatic amines is 1. The van der Waals surface area contributed by atoms with Crippen molar-refractivity contribution in [2.75, 3.05) is 13.1 Å². The maximum Gasteiger partial charge on any atom is 0.275 e. The number of fused-ring (bicyclic) bond motifs is 1. The van der Waals surface area contributed by atoms with Crippen LogP contribution >= 0.6 is 0 Å². The van der Waals surface area contributed by atoms with E-state index in [4.69, 9.17) is 5.26 Å².